The van der Waals surface area contributed by atoms with Gasteiger partial charge in [0.15, 0.2) is 0 Å². The first kappa shape index (κ1) is 15.9. The Bertz CT molecular complexity index is 630. The normalized spacial score (nSPS) is 23.9. The lowest BCUT2D eigenvalue weighted by Gasteiger charge is -2.34. The fraction of sp³-hybridized carbons (Fsp3) is 0.500. The summed E-state index contributed by atoms with van der Waals surface area (Å²) in [7, 11) is -3.71. The van der Waals surface area contributed by atoms with Gasteiger partial charge < -0.3 is 5.11 Å². The maximum absolute atomic E-state index is 11.4. The van der Waals surface area contributed by atoms with Crippen molar-refractivity contribution in [3.05, 3.63) is 29.8 Å². The first-order valence-corrected chi connectivity index (χ1v) is 8.37. The first-order valence-electron chi connectivity index (χ1n) is 6.82. The number of benzene rings is 1. The molecule has 7 heteroatoms. The quantitative estimate of drug-likeness (QED) is 0.859. The third kappa shape index (κ3) is 4.26. The zero-order valence-electron chi connectivity index (χ0n) is 11.9. The van der Waals surface area contributed by atoms with Crippen molar-refractivity contribution in [2.45, 2.75) is 24.8 Å². The molecule has 1 saturated heterocycles. The number of piperidine rings is 1. The Morgan fingerprint density at radius 2 is 2.14 bits per heavy atom. The van der Waals surface area contributed by atoms with Crippen molar-refractivity contribution in [2.24, 2.45) is 17.0 Å². The van der Waals surface area contributed by atoms with Gasteiger partial charge in [-0.2, -0.15) is 0 Å². The second-order valence-corrected chi connectivity index (χ2v) is 7.32. The molecule has 0 radical (unpaired) electrons. The summed E-state index contributed by atoms with van der Waals surface area (Å²) in [5.74, 6) is -0.832. The van der Waals surface area contributed by atoms with Gasteiger partial charge in [-0.1, -0.05) is 19.1 Å². The fourth-order valence-electron chi connectivity index (χ4n) is 2.85. The topological polar surface area (TPSA) is 101 Å². The van der Waals surface area contributed by atoms with Crippen LogP contribution >= 0.6 is 0 Å². The molecular formula is C14H20N2O4S. The second kappa shape index (κ2) is 6.13. The molecule has 2 unspecified atom stereocenters. The summed E-state index contributed by atoms with van der Waals surface area (Å²) < 4.78 is 22.7. The van der Waals surface area contributed by atoms with Crippen LogP contribution in [0.3, 0.4) is 0 Å². The van der Waals surface area contributed by atoms with Crippen LogP contribution in [-0.4, -0.2) is 37.5 Å². The van der Waals surface area contributed by atoms with Crippen LogP contribution in [-0.2, 0) is 21.4 Å². The van der Waals surface area contributed by atoms with Gasteiger partial charge in [0.2, 0.25) is 10.0 Å². The van der Waals surface area contributed by atoms with E-state index >= 15 is 0 Å². The molecule has 1 aromatic carbocycles. The van der Waals surface area contributed by atoms with Crippen molar-refractivity contribution in [3.8, 4) is 0 Å². The number of primary sulfonamides is 1. The Morgan fingerprint density at radius 1 is 1.43 bits per heavy atom. The van der Waals surface area contributed by atoms with Crippen LogP contribution in [0, 0.1) is 11.8 Å². The Hall–Kier alpha value is -1.44. The molecule has 1 heterocycles. The molecule has 0 aliphatic carbocycles. The van der Waals surface area contributed by atoms with Gasteiger partial charge in [-0.15, -0.1) is 0 Å². The number of sulfonamides is 1. The molecule has 2 rings (SSSR count). The minimum Gasteiger partial charge on any atom is -0.481 e. The molecule has 0 saturated carbocycles. The van der Waals surface area contributed by atoms with Crippen LogP contribution in [0.15, 0.2) is 29.2 Å². The molecule has 3 N–H and O–H groups in total. The SMILES string of the molecule is CC1CC(C(=O)O)CN(Cc2cccc(S(N)(=O)=O)c2)C1. The van der Waals surface area contributed by atoms with Crippen molar-refractivity contribution < 1.29 is 18.3 Å². The molecule has 0 bridgehead atoms. The first-order chi connectivity index (χ1) is 9.75. The Labute approximate surface area is 124 Å². The molecule has 0 amide bonds. The van der Waals surface area contributed by atoms with Crippen molar-refractivity contribution in [1.82, 2.24) is 4.90 Å². The van der Waals surface area contributed by atoms with E-state index in [4.69, 9.17) is 10.2 Å². The van der Waals surface area contributed by atoms with E-state index in [1.165, 1.54) is 6.07 Å². The van der Waals surface area contributed by atoms with Gasteiger partial charge >= 0.3 is 5.97 Å². The van der Waals surface area contributed by atoms with Crippen LogP contribution in [0.25, 0.3) is 0 Å². The molecule has 1 aliphatic heterocycles. The lowest BCUT2D eigenvalue weighted by molar-refractivity contribution is -0.144. The third-order valence-corrected chi connectivity index (χ3v) is 4.63. The molecule has 2 atom stereocenters. The number of hydrogen-bond donors (Lipinski definition) is 2. The summed E-state index contributed by atoms with van der Waals surface area (Å²) in [6.45, 7) is 3.85. The minimum atomic E-state index is -3.71. The zero-order valence-corrected chi connectivity index (χ0v) is 12.7. The molecule has 21 heavy (non-hydrogen) atoms. The summed E-state index contributed by atoms with van der Waals surface area (Å²) in [5.41, 5.74) is 0.819. The largest absolute Gasteiger partial charge is 0.481 e. The van der Waals surface area contributed by atoms with E-state index in [0.29, 0.717) is 25.4 Å². The van der Waals surface area contributed by atoms with Gasteiger partial charge in [-0.3, -0.25) is 9.69 Å². The van der Waals surface area contributed by atoms with Crippen LogP contribution in [0.2, 0.25) is 0 Å². The molecule has 1 fully saturated rings. The number of aliphatic carboxylic acids is 1. The summed E-state index contributed by atoms with van der Waals surface area (Å²) in [6.07, 6.45) is 0.684. The lowest BCUT2D eigenvalue weighted by Crippen LogP contribution is -2.41. The number of carbonyl (C=O) groups is 1. The average molecular weight is 312 g/mol. The van der Waals surface area contributed by atoms with E-state index in [1.54, 1.807) is 12.1 Å². The third-order valence-electron chi connectivity index (χ3n) is 3.72. The summed E-state index contributed by atoms with van der Waals surface area (Å²) >= 11 is 0. The number of rotatable bonds is 4. The number of nitrogens with two attached hydrogens (primary N) is 1. The van der Waals surface area contributed by atoms with Crippen LogP contribution < -0.4 is 5.14 Å². The predicted molar refractivity (Wildman–Crippen MR) is 78.0 cm³/mol. The standard InChI is InChI=1S/C14H20N2O4S/c1-10-5-12(14(17)18)9-16(7-10)8-11-3-2-4-13(6-11)21(15,19)20/h2-4,6,10,12H,5,7-9H2,1H3,(H,17,18)(H2,15,19,20). The van der Waals surface area contributed by atoms with Crippen molar-refractivity contribution >= 4 is 16.0 Å². The molecule has 0 spiro atoms. The van der Waals surface area contributed by atoms with Crippen LogP contribution in [0.5, 0.6) is 0 Å². The van der Waals surface area contributed by atoms with Gasteiger partial charge in [-0.05, 0) is 30.0 Å². The second-order valence-electron chi connectivity index (χ2n) is 5.76. The van der Waals surface area contributed by atoms with Gasteiger partial charge in [-0.25, -0.2) is 13.6 Å². The van der Waals surface area contributed by atoms with Gasteiger partial charge in [0, 0.05) is 19.6 Å². The maximum Gasteiger partial charge on any atom is 0.307 e. The highest BCUT2D eigenvalue weighted by Gasteiger charge is 2.29. The number of carboxylic acids is 1. The van der Waals surface area contributed by atoms with E-state index in [9.17, 15) is 13.2 Å². The Balaban J connectivity index is 2.12. The average Bonchev–Trinajstić information content (AvgIpc) is 2.37. The van der Waals surface area contributed by atoms with Gasteiger partial charge in [0.05, 0.1) is 10.8 Å². The Kier molecular flexibility index (Phi) is 4.65. The molecule has 1 aromatic rings. The molecular weight excluding hydrogens is 292 g/mol. The number of carboxylic acid groups (broad SMARTS) is 1. The van der Waals surface area contributed by atoms with Crippen LogP contribution in [0.1, 0.15) is 18.9 Å². The summed E-state index contributed by atoms with van der Waals surface area (Å²) in [6, 6.07) is 6.48. The van der Waals surface area contributed by atoms with Crippen LogP contribution in [0.4, 0.5) is 0 Å². The minimum absolute atomic E-state index is 0.0832. The van der Waals surface area contributed by atoms with Gasteiger partial charge in [0.1, 0.15) is 0 Å². The van der Waals surface area contributed by atoms with Crippen molar-refractivity contribution in [3.63, 3.8) is 0 Å². The molecule has 116 valence electrons. The number of likely N-dealkylation sites (tertiary alicyclic amines) is 1. The smallest absolute Gasteiger partial charge is 0.307 e. The zero-order chi connectivity index (χ0) is 15.6. The van der Waals surface area contributed by atoms with Gasteiger partial charge in [0.25, 0.3) is 0 Å². The van der Waals surface area contributed by atoms with Crippen molar-refractivity contribution in [2.75, 3.05) is 13.1 Å². The highest BCUT2D eigenvalue weighted by atomic mass is 32.2. The van der Waals surface area contributed by atoms with E-state index < -0.39 is 16.0 Å². The number of nitrogens with zero attached hydrogens (tertiary/aromatic N) is 1. The lowest BCUT2D eigenvalue weighted by atomic mass is 9.90. The monoisotopic (exact) mass is 312 g/mol. The summed E-state index contributed by atoms with van der Waals surface area (Å²) in [5, 5.41) is 14.3. The molecule has 6 nitrogen and oxygen atoms in total. The van der Waals surface area contributed by atoms with E-state index in [2.05, 4.69) is 4.90 Å². The summed E-state index contributed by atoms with van der Waals surface area (Å²) in [4.78, 5) is 13.3. The maximum atomic E-state index is 11.4. The highest BCUT2D eigenvalue weighted by molar-refractivity contribution is 7.89. The Morgan fingerprint density at radius 3 is 2.76 bits per heavy atom. The molecule has 0 aromatic heterocycles. The fourth-order valence-corrected chi connectivity index (χ4v) is 3.43. The van der Waals surface area contributed by atoms with E-state index in [0.717, 1.165) is 12.1 Å². The number of hydrogen-bond acceptors (Lipinski definition) is 4. The molecule has 1 aliphatic rings. The highest BCUT2D eigenvalue weighted by Crippen LogP contribution is 2.23. The predicted octanol–water partition coefficient (Wildman–Crippen LogP) is 0.877. The van der Waals surface area contributed by atoms with Crippen molar-refractivity contribution in [1.29, 1.82) is 0 Å². The van der Waals surface area contributed by atoms with E-state index in [1.807, 2.05) is 13.0 Å². The van der Waals surface area contributed by atoms with E-state index in [-0.39, 0.29) is 10.8 Å².